The predicted molar refractivity (Wildman–Crippen MR) is 69.2 cm³/mol. The van der Waals surface area contributed by atoms with E-state index in [0.717, 1.165) is 37.4 Å². The van der Waals surface area contributed by atoms with Crippen molar-refractivity contribution in [3.8, 4) is 0 Å². The molecule has 0 saturated carbocycles. The predicted octanol–water partition coefficient (Wildman–Crippen LogP) is 1.75. The maximum Gasteiger partial charge on any atom is 0.224 e. The van der Waals surface area contributed by atoms with E-state index in [2.05, 4.69) is 15.2 Å². The maximum atomic E-state index is 11.6. The fraction of sp³-hybridized carbons (Fsp3) is 0.636. The Kier molecular flexibility index (Phi) is 4.36. The van der Waals surface area contributed by atoms with Crippen LogP contribution in [0.2, 0.25) is 4.47 Å². The lowest BCUT2D eigenvalue weighted by Gasteiger charge is -2.31. The highest BCUT2D eigenvalue weighted by atomic mass is 35.5. The number of piperidine rings is 1. The van der Waals surface area contributed by atoms with Gasteiger partial charge in [-0.25, -0.2) is 4.98 Å². The average Bonchev–Trinajstić information content (AvgIpc) is 2.74. The fourth-order valence-electron chi connectivity index (χ4n) is 2.19. The van der Waals surface area contributed by atoms with Crippen molar-refractivity contribution in [2.45, 2.75) is 19.4 Å². The molecule has 6 heteroatoms. The lowest BCUT2D eigenvalue weighted by atomic mass is 9.97. The minimum absolute atomic E-state index is 0.122. The molecule has 1 saturated heterocycles. The van der Waals surface area contributed by atoms with Crippen molar-refractivity contribution in [2.75, 3.05) is 20.1 Å². The van der Waals surface area contributed by atoms with Crippen LogP contribution in [-0.4, -0.2) is 35.9 Å². The van der Waals surface area contributed by atoms with Gasteiger partial charge in [0.05, 0.1) is 5.92 Å². The summed E-state index contributed by atoms with van der Waals surface area (Å²) in [6.07, 6.45) is 3.88. The molecule has 1 N–H and O–H groups in total. The summed E-state index contributed by atoms with van der Waals surface area (Å²) < 4.78 is 0.583. The number of nitrogens with one attached hydrogen (secondary N) is 1. The Hall–Kier alpha value is -0.650. The highest BCUT2D eigenvalue weighted by Crippen LogP contribution is 2.23. The summed E-state index contributed by atoms with van der Waals surface area (Å²) in [6.45, 7) is 2.72. The first-order chi connectivity index (χ1) is 8.19. The second-order valence-electron chi connectivity index (χ2n) is 4.27. The van der Waals surface area contributed by atoms with E-state index in [1.807, 2.05) is 6.20 Å². The number of nitrogens with zero attached hydrogens (tertiary/aromatic N) is 2. The molecular weight excluding hydrogens is 258 g/mol. The normalized spacial score (nSPS) is 21.4. The highest BCUT2D eigenvalue weighted by molar-refractivity contribution is 7.15. The molecule has 0 spiro atoms. The molecule has 1 amide bonds. The second-order valence-corrected chi connectivity index (χ2v) is 5.97. The number of aromatic nitrogens is 1. The van der Waals surface area contributed by atoms with Crippen LogP contribution in [-0.2, 0) is 11.3 Å². The van der Waals surface area contributed by atoms with Crippen LogP contribution in [0.3, 0.4) is 0 Å². The van der Waals surface area contributed by atoms with Crippen LogP contribution in [0.1, 0.15) is 17.7 Å². The van der Waals surface area contributed by atoms with Gasteiger partial charge in [0.2, 0.25) is 5.91 Å². The zero-order valence-electron chi connectivity index (χ0n) is 9.78. The molecule has 1 atom stereocenters. The first kappa shape index (κ1) is 12.8. The minimum atomic E-state index is 0.122. The van der Waals surface area contributed by atoms with Gasteiger partial charge in [0, 0.05) is 31.2 Å². The molecule has 0 bridgehead atoms. The summed E-state index contributed by atoms with van der Waals surface area (Å²) in [6, 6.07) is 0. The Bertz CT molecular complexity index is 396. The minimum Gasteiger partial charge on any atom is -0.359 e. The monoisotopic (exact) mass is 273 g/mol. The molecule has 1 aliphatic rings. The van der Waals surface area contributed by atoms with E-state index in [-0.39, 0.29) is 11.8 Å². The zero-order valence-corrected chi connectivity index (χ0v) is 11.4. The van der Waals surface area contributed by atoms with Gasteiger partial charge in [-0.3, -0.25) is 9.69 Å². The molecule has 4 nitrogen and oxygen atoms in total. The summed E-state index contributed by atoms with van der Waals surface area (Å²) in [5.74, 6) is 0.272. The third-order valence-corrected chi connectivity index (χ3v) is 4.13. The van der Waals surface area contributed by atoms with Gasteiger partial charge in [-0.15, -0.1) is 11.3 Å². The highest BCUT2D eigenvalue weighted by Gasteiger charge is 2.25. The largest absolute Gasteiger partial charge is 0.359 e. The van der Waals surface area contributed by atoms with E-state index in [0.29, 0.717) is 4.47 Å². The van der Waals surface area contributed by atoms with Crippen molar-refractivity contribution < 1.29 is 4.79 Å². The van der Waals surface area contributed by atoms with Crippen molar-refractivity contribution in [1.82, 2.24) is 15.2 Å². The molecule has 1 fully saturated rings. The SMILES string of the molecule is CNC(=O)C1CCCN(Cc2cnc(Cl)s2)C1. The molecular formula is C11H16ClN3OS. The summed E-state index contributed by atoms with van der Waals surface area (Å²) in [5.41, 5.74) is 0. The number of hydrogen-bond acceptors (Lipinski definition) is 4. The smallest absolute Gasteiger partial charge is 0.224 e. The molecule has 1 aliphatic heterocycles. The van der Waals surface area contributed by atoms with Crippen LogP contribution in [0.5, 0.6) is 0 Å². The van der Waals surface area contributed by atoms with Gasteiger partial charge in [-0.1, -0.05) is 11.6 Å². The van der Waals surface area contributed by atoms with Gasteiger partial charge in [0.25, 0.3) is 0 Å². The number of rotatable bonds is 3. The van der Waals surface area contributed by atoms with E-state index in [9.17, 15) is 4.79 Å². The van der Waals surface area contributed by atoms with Gasteiger partial charge in [0.1, 0.15) is 0 Å². The first-order valence-corrected chi connectivity index (χ1v) is 6.92. The number of likely N-dealkylation sites (tertiary alicyclic amines) is 1. The van der Waals surface area contributed by atoms with Gasteiger partial charge >= 0.3 is 0 Å². The van der Waals surface area contributed by atoms with Gasteiger partial charge < -0.3 is 5.32 Å². The zero-order chi connectivity index (χ0) is 12.3. The molecule has 2 rings (SSSR count). The molecule has 1 aromatic rings. The van der Waals surface area contributed by atoms with E-state index in [1.54, 1.807) is 7.05 Å². The molecule has 0 aromatic carbocycles. The third-order valence-electron chi connectivity index (χ3n) is 3.03. The number of halogens is 1. The van der Waals surface area contributed by atoms with Gasteiger partial charge in [-0.2, -0.15) is 0 Å². The summed E-state index contributed by atoms with van der Waals surface area (Å²) in [7, 11) is 1.70. The molecule has 1 unspecified atom stereocenters. The fourth-order valence-corrected chi connectivity index (χ4v) is 3.21. The van der Waals surface area contributed by atoms with Gasteiger partial charge in [-0.05, 0) is 19.4 Å². The maximum absolute atomic E-state index is 11.6. The van der Waals surface area contributed by atoms with E-state index in [1.165, 1.54) is 11.3 Å². The Balaban J connectivity index is 1.91. The molecule has 0 aliphatic carbocycles. The van der Waals surface area contributed by atoms with Crippen LogP contribution >= 0.6 is 22.9 Å². The second kappa shape index (κ2) is 5.80. The van der Waals surface area contributed by atoms with Crippen LogP contribution in [0.15, 0.2) is 6.20 Å². The molecule has 94 valence electrons. The van der Waals surface area contributed by atoms with Gasteiger partial charge in [0.15, 0.2) is 4.47 Å². The summed E-state index contributed by atoms with van der Waals surface area (Å²) >= 11 is 7.31. The Morgan fingerprint density at radius 1 is 1.76 bits per heavy atom. The average molecular weight is 274 g/mol. The topological polar surface area (TPSA) is 45.2 Å². The summed E-state index contributed by atoms with van der Waals surface area (Å²) in [4.78, 5) is 19.1. The molecule has 17 heavy (non-hydrogen) atoms. The van der Waals surface area contributed by atoms with E-state index < -0.39 is 0 Å². The van der Waals surface area contributed by atoms with Crippen LogP contribution in [0.4, 0.5) is 0 Å². The Morgan fingerprint density at radius 2 is 2.59 bits per heavy atom. The van der Waals surface area contributed by atoms with Crippen LogP contribution in [0, 0.1) is 5.92 Å². The standard InChI is InChI=1S/C11H16ClN3OS/c1-13-10(16)8-3-2-4-15(6-8)7-9-5-14-11(12)17-9/h5,8H,2-4,6-7H2,1H3,(H,13,16). The van der Waals surface area contributed by atoms with Crippen molar-refractivity contribution >= 4 is 28.8 Å². The third kappa shape index (κ3) is 3.40. The van der Waals surface area contributed by atoms with E-state index in [4.69, 9.17) is 11.6 Å². The molecule has 2 heterocycles. The quantitative estimate of drug-likeness (QED) is 0.913. The van der Waals surface area contributed by atoms with E-state index >= 15 is 0 Å². The van der Waals surface area contributed by atoms with Crippen molar-refractivity contribution in [1.29, 1.82) is 0 Å². The molecule has 1 aromatic heterocycles. The first-order valence-electron chi connectivity index (χ1n) is 5.73. The number of carbonyl (C=O) groups excluding carboxylic acids is 1. The van der Waals surface area contributed by atoms with Crippen LogP contribution < -0.4 is 5.32 Å². The molecule has 0 radical (unpaired) electrons. The number of thiazole rings is 1. The Labute approximate surface area is 110 Å². The van der Waals surface area contributed by atoms with Crippen molar-refractivity contribution in [3.63, 3.8) is 0 Å². The van der Waals surface area contributed by atoms with Crippen molar-refractivity contribution in [3.05, 3.63) is 15.5 Å². The number of amides is 1. The number of carbonyl (C=O) groups is 1. The lowest BCUT2D eigenvalue weighted by Crippen LogP contribution is -2.41. The summed E-state index contributed by atoms with van der Waals surface area (Å²) in [5, 5.41) is 2.73. The number of hydrogen-bond donors (Lipinski definition) is 1. The van der Waals surface area contributed by atoms with Crippen LogP contribution in [0.25, 0.3) is 0 Å². The Morgan fingerprint density at radius 3 is 3.24 bits per heavy atom. The lowest BCUT2D eigenvalue weighted by molar-refractivity contribution is -0.126. The van der Waals surface area contributed by atoms with Crippen molar-refractivity contribution in [2.24, 2.45) is 5.92 Å².